The van der Waals surface area contributed by atoms with Crippen molar-refractivity contribution in [1.82, 2.24) is 4.90 Å². The van der Waals surface area contributed by atoms with Gasteiger partial charge in [-0.25, -0.2) is 4.39 Å². The quantitative estimate of drug-likeness (QED) is 0.485. The van der Waals surface area contributed by atoms with E-state index in [4.69, 9.17) is 0 Å². The molecule has 0 spiro atoms. The van der Waals surface area contributed by atoms with Crippen LogP contribution in [-0.2, 0) is 0 Å². The number of nitrogens with zero attached hydrogens (tertiary/aromatic N) is 2. The van der Waals surface area contributed by atoms with Crippen molar-refractivity contribution in [2.75, 3.05) is 13.6 Å². The Bertz CT molecular complexity index is 516. The highest BCUT2D eigenvalue weighted by Crippen LogP contribution is 2.21. The highest BCUT2D eigenvalue weighted by Gasteiger charge is 2.32. The molecule has 1 aromatic rings. The van der Waals surface area contributed by atoms with Gasteiger partial charge in [0.2, 0.25) is 0 Å². The van der Waals surface area contributed by atoms with Crippen molar-refractivity contribution < 1.29 is 27.3 Å². The van der Waals surface area contributed by atoms with Crippen LogP contribution in [0, 0.1) is 15.9 Å². The number of halogens is 4. The predicted octanol–water partition coefficient (Wildman–Crippen LogP) is 2.37. The van der Waals surface area contributed by atoms with Gasteiger partial charge in [0.25, 0.3) is 11.6 Å². The summed E-state index contributed by atoms with van der Waals surface area (Å²) in [6.07, 6.45) is -4.64. The van der Waals surface area contributed by atoms with E-state index in [0.29, 0.717) is 12.1 Å². The van der Waals surface area contributed by atoms with Gasteiger partial charge in [0.05, 0.1) is 10.5 Å². The Hall–Kier alpha value is -2.19. The summed E-state index contributed by atoms with van der Waals surface area (Å²) in [4.78, 5) is 21.4. The average Bonchev–Trinajstić information content (AvgIpc) is 2.26. The first-order valence-corrected chi connectivity index (χ1v) is 4.88. The molecule has 1 aromatic carbocycles. The van der Waals surface area contributed by atoms with Crippen LogP contribution in [0.2, 0.25) is 0 Å². The van der Waals surface area contributed by atoms with Crippen LogP contribution in [0.4, 0.5) is 23.2 Å². The maximum Gasteiger partial charge on any atom is 0.406 e. The van der Waals surface area contributed by atoms with Gasteiger partial charge in [-0.2, -0.15) is 13.2 Å². The van der Waals surface area contributed by atoms with E-state index in [1.165, 1.54) is 0 Å². The molecule has 0 aliphatic rings. The predicted molar refractivity (Wildman–Crippen MR) is 56.1 cm³/mol. The van der Waals surface area contributed by atoms with E-state index in [2.05, 4.69) is 0 Å². The van der Waals surface area contributed by atoms with Crippen LogP contribution >= 0.6 is 0 Å². The molecule has 0 heterocycles. The molecule has 0 N–H and O–H groups in total. The summed E-state index contributed by atoms with van der Waals surface area (Å²) in [5.41, 5.74) is -1.36. The topological polar surface area (TPSA) is 63.5 Å². The lowest BCUT2D eigenvalue weighted by Crippen LogP contribution is -2.36. The first kappa shape index (κ1) is 14.9. The van der Waals surface area contributed by atoms with Gasteiger partial charge >= 0.3 is 6.18 Å². The Balaban J connectivity index is 3.05. The van der Waals surface area contributed by atoms with Crippen molar-refractivity contribution in [2.45, 2.75) is 6.18 Å². The van der Waals surface area contributed by atoms with Gasteiger partial charge in [-0.1, -0.05) is 0 Å². The van der Waals surface area contributed by atoms with Crippen LogP contribution in [0.1, 0.15) is 10.4 Å². The summed E-state index contributed by atoms with van der Waals surface area (Å²) in [6.45, 7) is -1.58. The number of hydrogen-bond donors (Lipinski definition) is 0. The number of rotatable bonds is 3. The normalized spacial score (nSPS) is 11.2. The molecule has 0 aromatic heterocycles. The number of nitro benzene ring substituents is 1. The number of non-ortho nitro benzene ring substituents is 1. The molecule has 0 unspecified atom stereocenters. The van der Waals surface area contributed by atoms with Gasteiger partial charge in [0.1, 0.15) is 12.4 Å². The average molecular weight is 280 g/mol. The molecule has 0 fully saturated rings. The molecule has 0 bridgehead atoms. The van der Waals surface area contributed by atoms with E-state index >= 15 is 0 Å². The molecule has 0 aliphatic heterocycles. The van der Waals surface area contributed by atoms with E-state index in [9.17, 15) is 32.5 Å². The van der Waals surface area contributed by atoms with Gasteiger partial charge in [-0.15, -0.1) is 0 Å². The molecule has 0 radical (unpaired) electrons. The van der Waals surface area contributed by atoms with Gasteiger partial charge in [0, 0.05) is 19.2 Å². The van der Waals surface area contributed by atoms with Gasteiger partial charge < -0.3 is 4.90 Å². The molecular weight excluding hydrogens is 272 g/mol. The molecule has 1 amide bonds. The highest BCUT2D eigenvalue weighted by atomic mass is 19.4. The van der Waals surface area contributed by atoms with E-state index < -0.39 is 40.6 Å². The standard InChI is InChI=1S/C10H8F4N2O3/c1-15(5-10(12,13)14)9(17)7-4-6(16(18)19)2-3-8(7)11/h2-4H,5H2,1H3. The van der Waals surface area contributed by atoms with Crippen LogP contribution < -0.4 is 0 Å². The summed E-state index contributed by atoms with van der Waals surface area (Å²) in [5, 5.41) is 10.5. The minimum Gasteiger partial charge on any atom is -0.333 e. The zero-order valence-electron chi connectivity index (χ0n) is 9.57. The molecular formula is C10H8F4N2O3. The second-order valence-corrected chi connectivity index (χ2v) is 3.70. The van der Waals surface area contributed by atoms with Crippen LogP contribution in [0.3, 0.4) is 0 Å². The maximum absolute atomic E-state index is 13.3. The van der Waals surface area contributed by atoms with Gasteiger partial charge in [-0.3, -0.25) is 14.9 Å². The Kier molecular flexibility index (Phi) is 4.07. The summed E-state index contributed by atoms with van der Waals surface area (Å²) in [5.74, 6) is -2.40. The number of carbonyl (C=O) groups excluding carboxylic acids is 1. The summed E-state index contributed by atoms with van der Waals surface area (Å²) in [7, 11) is 0.827. The maximum atomic E-state index is 13.3. The second kappa shape index (κ2) is 5.21. The molecule has 1 rings (SSSR count). The fourth-order valence-corrected chi connectivity index (χ4v) is 1.34. The Labute approximate surface area is 104 Å². The van der Waals surface area contributed by atoms with Crippen molar-refractivity contribution in [1.29, 1.82) is 0 Å². The van der Waals surface area contributed by atoms with Crippen molar-refractivity contribution in [2.24, 2.45) is 0 Å². The third-order valence-corrected chi connectivity index (χ3v) is 2.15. The summed E-state index contributed by atoms with van der Waals surface area (Å²) in [6, 6.07) is 2.08. The summed E-state index contributed by atoms with van der Waals surface area (Å²) >= 11 is 0. The second-order valence-electron chi connectivity index (χ2n) is 3.70. The van der Waals surface area contributed by atoms with Crippen LogP contribution in [-0.4, -0.2) is 35.5 Å². The number of alkyl halides is 3. The number of hydrogen-bond acceptors (Lipinski definition) is 3. The molecule has 0 saturated carbocycles. The van der Waals surface area contributed by atoms with E-state index in [1.54, 1.807) is 0 Å². The Morgan fingerprint density at radius 1 is 1.42 bits per heavy atom. The lowest BCUT2D eigenvalue weighted by atomic mass is 10.1. The van der Waals surface area contributed by atoms with Crippen LogP contribution in [0.15, 0.2) is 18.2 Å². The number of nitro groups is 1. The van der Waals surface area contributed by atoms with Crippen LogP contribution in [0.25, 0.3) is 0 Å². The molecule has 19 heavy (non-hydrogen) atoms. The van der Waals surface area contributed by atoms with Crippen molar-refractivity contribution in [3.8, 4) is 0 Å². The number of benzene rings is 1. The van der Waals surface area contributed by atoms with Gasteiger partial charge in [0.15, 0.2) is 0 Å². The minimum absolute atomic E-state index is 0.238. The van der Waals surface area contributed by atoms with Crippen molar-refractivity contribution in [3.63, 3.8) is 0 Å². The fourth-order valence-electron chi connectivity index (χ4n) is 1.34. The lowest BCUT2D eigenvalue weighted by Gasteiger charge is -2.19. The molecule has 9 heteroatoms. The van der Waals surface area contributed by atoms with Crippen LogP contribution in [0.5, 0.6) is 0 Å². The first-order valence-electron chi connectivity index (χ1n) is 4.88. The molecule has 0 saturated heterocycles. The van der Waals surface area contributed by atoms with Crippen molar-refractivity contribution >= 4 is 11.6 Å². The zero-order valence-corrected chi connectivity index (χ0v) is 9.57. The van der Waals surface area contributed by atoms with E-state index in [1.807, 2.05) is 0 Å². The Morgan fingerprint density at radius 3 is 2.47 bits per heavy atom. The van der Waals surface area contributed by atoms with E-state index in [-0.39, 0.29) is 4.90 Å². The molecule has 104 valence electrons. The summed E-state index contributed by atoms with van der Waals surface area (Å²) < 4.78 is 49.6. The lowest BCUT2D eigenvalue weighted by molar-refractivity contribution is -0.384. The fraction of sp³-hybridized carbons (Fsp3) is 0.300. The molecule has 5 nitrogen and oxygen atoms in total. The smallest absolute Gasteiger partial charge is 0.333 e. The van der Waals surface area contributed by atoms with Crippen molar-refractivity contribution in [3.05, 3.63) is 39.7 Å². The largest absolute Gasteiger partial charge is 0.406 e. The minimum atomic E-state index is -4.64. The monoisotopic (exact) mass is 280 g/mol. The van der Waals surface area contributed by atoms with E-state index in [0.717, 1.165) is 13.1 Å². The number of amides is 1. The van der Waals surface area contributed by atoms with Gasteiger partial charge in [-0.05, 0) is 6.07 Å². The third-order valence-electron chi connectivity index (χ3n) is 2.15. The SMILES string of the molecule is CN(CC(F)(F)F)C(=O)c1cc([N+](=O)[O-])ccc1F. The zero-order chi connectivity index (χ0) is 14.8. The highest BCUT2D eigenvalue weighted by molar-refractivity contribution is 5.95. The molecule has 0 atom stereocenters. The Morgan fingerprint density at radius 2 is 2.00 bits per heavy atom. The first-order chi connectivity index (χ1) is 8.61. The number of carbonyl (C=O) groups is 1. The molecule has 0 aliphatic carbocycles. The third kappa shape index (κ3) is 3.90.